The van der Waals surface area contributed by atoms with Gasteiger partial charge in [-0.25, -0.2) is 17.7 Å². The molecule has 11 heteroatoms. The Morgan fingerprint density at radius 1 is 0.875 bits per heavy atom. The number of carbonyl (C=O) groups excluding carboxylic acids is 1. The molecular formula is C37H28N4O5S2. The van der Waals surface area contributed by atoms with Crippen LogP contribution in [0.25, 0.3) is 22.3 Å². The molecule has 48 heavy (non-hydrogen) atoms. The highest BCUT2D eigenvalue weighted by Gasteiger charge is 2.29. The van der Waals surface area contributed by atoms with Crippen molar-refractivity contribution in [1.29, 1.82) is 5.26 Å². The summed E-state index contributed by atoms with van der Waals surface area (Å²) in [4.78, 5) is 15.7. The van der Waals surface area contributed by atoms with Crippen molar-refractivity contribution >= 4 is 33.0 Å². The van der Waals surface area contributed by atoms with Gasteiger partial charge in [-0.05, 0) is 83.3 Å². The van der Waals surface area contributed by atoms with Crippen molar-refractivity contribution in [2.24, 2.45) is 0 Å². The maximum absolute atomic E-state index is 14.1. The smallest absolute Gasteiger partial charge is 0.266 e. The molecule has 1 heterocycles. The van der Waals surface area contributed by atoms with Crippen molar-refractivity contribution < 1.29 is 22.7 Å². The Bertz CT molecular complexity index is 2250. The van der Waals surface area contributed by atoms with Crippen molar-refractivity contribution in [3.8, 4) is 45.6 Å². The van der Waals surface area contributed by atoms with Gasteiger partial charge in [0.1, 0.15) is 35.9 Å². The van der Waals surface area contributed by atoms with Crippen LogP contribution in [-0.2, 0) is 16.6 Å². The monoisotopic (exact) mass is 672 g/mol. The Balaban J connectivity index is 1.38. The molecule has 6 rings (SSSR count). The summed E-state index contributed by atoms with van der Waals surface area (Å²) in [6.07, 6.45) is 2.07. The molecule has 238 valence electrons. The number of carbonyl (C=O) groups is 1. The third kappa shape index (κ3) is 6.66. The van der Waals surface area contributed by atoms with Gasteiger partial charge in [0.2, 0.25) is 5.13 Å². The molecule has 0 fully saturated rings. The summed E-state index contributed by atoms with van der Waals surface area (Å²) < 4.78 is 45.1. The molecule has 0 unspecified atom stereocenters. The van der Waals surface area contributed by atoms with Crippen LogP contribution in [0.3, 0.4) is 0 Å². The maximum Gasteiger partial charge on any atom is 0.266 e. The SMILES string of the molecule is COc1ccc(CN(c2ncns2)S(=O)(=O)c2ccc(Oc3ccc(-c4ccccc4)cc3-c3cccc(C=O)c3)c(C#N)c2)c(C)c1. The number of aldehydes is 1. The zero-order valence-corrected chi connectivity index (χ0v) is 27.5. The molecule has 0 aliphatic heterocycles. The first-order chi connectivity index (χ1) is 23.3. The number of hydrogen-bond donors (Lipinski definition) is 0. The van der Waals surface area contributed by atoms with Gasteiger partial charge in [-0.1, -0.05) is 60.7 Å². The summed E-state index contributed by atoms with van der Waals surface area (Å²) in [6.45, 7) is 1.86. The van der Waals surface area contributed by atoms with Crippen molar-refractivity contribution in [2.75, 3.05) is 11.4 Å². The Labute approximate surface area is 282 Å². The number of sulfonamides is 1. The zero-order chi connectivity index (χ0) is 33.7. The van der Waals surface area contributed by atoms with Crippen LogP contribution in [0.15, 0.2) is 120 Å². The van der Waals surface area contributed by atoms with Gasteiger partial charge in [-0.2, -0.15) is 9.64 Å². The molecule has 0 aliphatic carbocycles. The van der Waals surface area contributed by atoms with Crippen molar-refractivity contribution in [1.82, 2.24) is 9.36 Å². The maximum atomic E-state index is 14.1. The number of aromatic nitrogens is 2. The number of hydrogen-bond acceptors (Lipinski definition) is 9. The predicted molar refractivity (Wildman–Crippen MR) is 185 cm³/mol. The Morgan fingerprint density at radius 2 is 1.67 bits per heavy atom. The lowest BCUT2D eigenvalue weighted by Crippen LogP contribution is -2.31. The summed E-state index contributed by atoms with van der Waals surface area (Å²) in [6, 6.07) is 34.3. The number of anilines is 1. The molecule has 5 aromatic carbocycles. The Kier molecular flexibility index (Phi) is 9.29. The minimum Gasteiger partial charge on any atom is -0.497 e. The topological polar surface area (TPSA) is 122 Å². The lowest BCUT2D eigenvalue weighted by molar-refractivity contribution is 0.112. The van der Waals surface area contributed by atoms with Crippen LogP contribution in [0.1, 0.15) is 27.0 Å². The standard InChI is InChI=1S/C37H28N4O5S2/c1-25-17-32(45-2)13-11-30(25)22-41(37-39-24-40-47-37)48(43,44)33-14-16-35(31(19-33)21-38)46-36-15-12-28(27-8-4-3-5-9-27)20-34(36)29-10-6-7-26(18-29)23-42/h3-20,23-24H,22H2,1-2H3. The summed E-state index contributed by atoms with van der Waals surface area (Å²) >= 11 is 0.951. The van der Waals surface area contributed by atoms with Crippen LogP contribution < -0.4 is 13.8 Å². The van der Waals surface area contributed by atoms with Gasteiger partial charge in [-0.3, -0.25) is 4.79 Å². The van der Waals surface area contributed by atoms with Crippen LogP contribution in [0.4, 0.5) is 5.13 Å². The number of aryl methyl sites for hydroxylation is 1. The van der Waals surface area contributed by atoms with E-state index in [4.69, 9.17) is 9.47 Å². The van der Waals surface area contributed by atoms with E-state index in [1.165, 1.54) is 28.8 Å². The van der Waals surface area contributed by atoms with E-state index in [9.17, 15) is 18.5 Å². The first kappa shape index (κ1) is 32.1. The number of benzene rings is 5. The molecule has 0 radical (unpaired) electrons. The number of ether oxygens (including phenoxy) is 2. The van der Waals surface area contributed by atoms with Gasteiger partial charge in [0.25, 0.3) is 10.0 Å². The lowest BCUT2D eigenvalue weighted by Gasteiger charge is -2.23. The third-order valence-corrected chi connectivity index (χ3v) is 10.3. The molecule has 0 spiro atoms. The number of nitrogens with zero attached hydrogens (tertiary/aromatic N) is 4. The van der Waals surface area contributed by atoms with Crippen LogP contribution in [0.2, 0.25) is 0 Å². The first-order valence-electron chi connectivity index (χ1n) is 14.7. The van der Waals surface area contributed by atoms with Crippen LogP contribution in [0, 0.1) is 18.3 Å². The van der Waals surface area contributed by atoms with Gasteiger partial charge < -0.3 is 9.47 Å². The molecule has 0 aliphatic rings. The van der Waals surface area contributed by atoms with E-state index in [1.807, 2.05) is 61.5 Å². The van der Waals surface area contributed by atoms with Gasteiger partial charge in [0, 0.05) is 22.7 Å². The highest BCUT2D eigenvalue weighted by atomic mass is 32.2. The minimum atomic E-state index is -4.20. The van der Waals surface area contributed by atoms with E-state index >= 15 is 0 Å². The number of rotatable bonds is 11. The van der Waals surface area contributed by atoms with Crippen LogP contribution in [0.5, 0.6) is 17.2 Å². The number of methoxy groups -OCH3 is 1. The fourth-order valence-electron chi connectivity index (χ4n) is 5.19. The van der Waals surface area contributed by atoms with E-state index in [1.54, 1.807) is 43.5 Å². The fourth-order valence-corrected chi connectivity index (χ4v) is 7.34. The average molecular weight is 673 g/mol. The van der Waals surface area contributed by atoms with E-state index in [2.05, 4.69) is 15.4 Å². The van der Waals surface area contributed by atoms with Gasteiger partial charge in [-0.15, -0.1) is 0 Å². The highest BCUT2D eigenvalue weighted by molar-refractivity contribution is 7.93. The van der Waals surface area contributed by atoms with E-state index in [0.717, 1.165) is 45.6 Å². The fraction of sp³-hybridized carbons (Fsp3) is 0.0811. The molecule has 0 saturated carbocycles. The zero-order valence-electron chi connectivity index (χ0n) is 25.9. The van der Waals surface area contributed by atoms with Crippen molar-refractivity contribution in [3.63, 3.8) is 0 Å². The molecule has 0 atom stereocenters. The molecule has 1 aromatic heterocycles. The number of nitriles is 1. The first-order valence-corrected chi connectivity index (χ1v) is 16.9. The molecule has 9 nitrogen and oxygen atoms in total. The van der Waals surface area contributed by atoms with Crippen LogP contribution >= 0.6 is 11.5 Å². The third-order valence-electron chi connectivity index (χ3n) is 7.73. The van der Waals surface area contributed by atoms with Crippen molar-refractivity contribution in [2.45, 2.75) is 18.4 Å². The second kappa shape index (κ2) is 13.9. The van der Waals surface area contributed by atoms with Crippen LogP contribution in [-0.4, -0.2) is 31.2 Å². The lowest BCUT2D eigenvalue weighted by atomic mass is 9.97. The second-order valence-corrected chi connectivity index (χ2v) is 13.3. The molecule has 6 aromatic rings. The molecule has 0 bridgehead atoms. The summed E-state index contributed by atoms with van der Waals surface area (Å²) in [5.74, 6) is 1.26. The van der Waals surface area contributed by atoms with Crippen molar-refractivity contribution in [3.05, 3.63) is 138 Å². The Morgan fingerprint density at radius 3 is 2.38 bits per heavy atom. The molecule has 0 N–H and O–H groups in total. The molecule has 0 amide bonds. The van der Waals surface area contributed by atoms with E-state index < -0.39 is 10.0 Å². The summed E-state index contributed by atoms with van der Waals surface area (Å²) in [5, 5.41) is 10.4. The second-order valence-electron chi connectivity index (χ2n) is 10.7. The Hall–Kier alpha value is -5.83. The quantitative estimate of drug-likeness (QED) is 0.127. The summed E-state index contributed by atoms with van der Waals surface area (Å²) in [5.41, 5.74) is 5.47. The molecule has 0 saturated heterocycles. The summed E-state index contributed by atoms with van der Waals surface area (Å²) in [7, 11) is -2.63. The predicted octanol–water partition coefficient (Wildman–Crippen LogP) is 8.06. The van der Waals surface area contributed by atoms with Gasteiger partial charge in [0.05, 0.1) is 24.1 Å². The van der Waals surface area contributed by atoms with E-state index in [-0.39, 0.29) is 27.9 Å². The highest BCUT2D eigenvalue weighted by Crippen LogP contribution is 2.39. The van der Waals surface area contributed by atoms with E-state index in [0.29, 0.717) is 22.6 Å². The van der Waals surface area contributed by atoms with Gasteiger partial charge in [0.15, 0.2) is 0 Å². The minimum absolute atomic E-state index is 0.00946. The normalized spacial score (nSPS) is 11.0. The molecular weight excluding hydrogens is 645 g/mol. The largest absolute Gasteiger partial charge is 0.497 e. The van der Waals surface area contributed by atoms with Gasteiger partial charge >= 0.3 is 0 Å². The average Bonchev–Trinajstić information content (AvgIpc) is 3.66.